The monoisotopic (exact) mass is 452 g/mol. The summed E-state index contributed by atoms with van der Waals surface area (Å²) in [5.74, 6) is 4.89. The molecule has 0 bridgehead atoms. The molecule has 180 valence electrons. The maximum atomic E-state index is 13.3. The van der Waals surface area contributed by atoms with Crippen molar-refractivity contribution in [3.8, 4) is 5.75 Å². The van der Waals surface area contributed by atoms with E-state index in [1.54, 1.807) is 0 Å². The molecule has 0 radical (unpaired) electrons. The standard InChI is InChI=1S/C29H40O4/c1-2-20-4-3-5-22(18-20)31-15-14-28-12-10-24-23-11-13-29(32-16-17-33-29)19-21(23)6-7-25(24)26(28)8-9-27(28)30/h3-5,18,21,23-26H,2,6-17,19H2,1H3/t21-,23?,24?,25?,26?,28+/m0/s1. The summed E-state index contributed by atoms with van der Waals surface area (Å²) in [5.41, 5.74) is 1.18. The molecule has 1 aliphatic heterocycles. The van der Waals surface area contributed by atoms with Crippen LogP contribution in [0.15, 0.2) is 24.3 Å². The number of rotatable bonds is 5. The SMILES string of the molecule is CCc1cccc(OCC[C@]23CCC4C(CC[C@H]5CC6(CCC45)OCCO6)C2CCC3=O)c1. The minimum absolute atomic E-state index is 0.121. The molecule has 5 fully saturated rings. The minimum atomic E-state index is -0.262. The van der Waals surface area contributed by atoms with Gasteiger partial charge in [-0.3, -0.25) is 4.79 Å². The third-order valence-corrected chi connectivity index (χ3v) is 10.3. The summed E-state index contributed by atoms with van der Waals surface area (Å²) in [5, 5.41) is 0. The predicted octanol–water partition coefficient (Wildman–Crippen LogP) is 5.96. The molecule has 5 aliphatic rings. The second kappa shape index (κ2) is 8.68. The minimum Gasteiger partial charge on any atom is -0.494 e. The molecule has 6 rings (SSSR count). The van der Waals surface area contributed by atoms with Gasteiger partial charge in [0.25, 0.3) is 0 Å². The summed E-state index contributed by atoms with van der Waals surface area (Å²) in [6.07, 6.45) is 12.1. The van der Waals surface area contributed by atoms with Crippen LogP contribution < -0.4 is 4.74 Å². The zero-order valence-electron chi connectivity index (χ0n) is 20.2. The van der Waals surface area contributed by atoms with Crippen molar-refractivity contribution < 1.29 is 19.0 Å². The van der Waals surface area contributed by atoms with Crippen LogP contribution in [-0.4, -0.2) is 31.4 Å². The molecule has 4 nitrogen and oxygen atoms in total. The van der Waals surface area contributed by atoms with Gasteiger partial charge in [0.1, 0.15) is 11.5 Å². The van der Waals surface area contributed by atoms with Crippen molar-refractivity contribution in [3.63, 3.8) is 0 Å². The van der Waals surface area contributed by atoms with Gasteiger partial charge in [0.15, 0.2) is 5.79 Å². The van der Waals surface area contributed by atoms with Crippen LogP contribution in [0, 0.1) is 35.0 Å². The first-order chi connectivity index (χ1) is 16.1. The van der Waals surface area contributed by atoms with Gasteiger partial charge in [-0.15, -0.1) is 0 Å². The van der Waals surface area contributed by atoms with E-state index in [-0.39, 0.29) is 11.2 Å². The van der Waals surface area contributed by atoms with Crippen molar-refractivity contribution in [2.45, 2.75) is 83.3 Å². The number of fused-ring (bicyclic) bond motifs is 5. The number of Topliss-reactive ketones (excluding diaryl/α,β-unsaturated/α-hetero) is 1. The van der Waals surface area contributed by atoms with E-state index in [9.17, 15) is 4.79 Å². The number of carbonyl (C=O) groups excluding carboxylic acids is 1. The number of ketones is 1. The molecule has 4 heteroatoms. The summed E-state index contributed by atoms with van der Waals surface area (Å²) in [6, 6.07) is 8.43. The molecule has 4 saturated carbocycles. The van der Waals surface area contributed by atoms with E-state index >= 15 is 0 Å². The Bertz CT molecular complexity index is 874. The van der Waals surface area contributed by atoms with Crippen molar-refractivity contribution in [1.82, 2.24) is 0 Å². The predicted molar refractivity (Wildman–Crippen MR) is 127 cm³/mol. The largest absolute Gasteiger partial charge is 0.494 e. The Morgan fingerprint density at radius 3 is 2.70 bits per heavy atom. The number of aryl methyl sites for hydroxylation is 1. The topological polar surface area (TPSA) is 44.8 Å². The Kier molecular flexibility index (Phi) is 5.81. The van der Waals surface area contributed by atoms with Crippen LogP contribution in [0.25, 0.3) is 0 Å². The van der Waals surface area contributed by atoms with E-state index < -0.39 is 0 Å². The molecule has 1 spiro atoms. The highest BCUT2D eigenvalue weighted by atomic mass is 16.7. The van der Waals surface area contributed by atoms with E-state index in [1.165, 1.54) is 31.2 Å². The zero-order valence-corrected chi connectivity index (χ0v) is 20.2. The number of hydrogen-bond donors (Lipinski definition) is 0. The van der Waals surface area contributed by atoms with Gasteiger partial charge in [0.2, 0.25) is 0 Å². The van der Waals surface area contributed by atoms with Gasteiger partial charge >= 0.3 is 0 Å². The van der Waals surface area contributed by atoms with Gasteiger partial charge in [-0.1, -0.05) is 19.1 Å². The van der Waals surface area contributed by atoms with Crippen molar-refractivity contribution in [1.29, 1.82) is 0 Å². The van der Waals surface area contributed by atoms with E-state index in [4.69, 9.17) is 14.2 Å². The van der Waals surface area contributed by atoms with Gasteiger partial charge in [-0.25, -0.2) is 0 Å². The van der Waals surface area contributed by atoms with Gasteiger partial charge in [0.05, 0.1) is 19.8 Å². The summed E-state index contributed by atoms with van der Waals surface area (Å²) >= 11 is 0. The van der Waals surface area contributed by atoms with E-state index in [1.807, 2.05) is 0 Å². The first kappa shape index (κ1) is 22.1. The lowest BCUT2D eigenvalue weighted by molar-refractivity contribution is -0.209. The molecule has 6 atom stereocenters. The molecule has 0 aromatic heterocycles. The Labute approximate surface area is 198 Å². The molecular weight excluding hydrogens is 412 g/mol. The first-order valence-electron chi connectivity index (χ1n) is 13.7. The van der Waals surface area contributed by atoms with Crippen LogP contribution in [0.4, 0.5) is 0 Å². The summed E-state index contributed by atoms with van der Waals surface area (Å²) < 4.78 is 18.4. The lowest BCUT2D eigenvalue weighted by Gasteiger charge is -2.56. The fraction of sp³-hybridized carbons (Fsp3) is 0.759. The van der Waals surface area contributed by atoms with Crippen LogP contribution in [-0.2, 0) is 20.7 Å². The number of hydrogen-bond acceptors (Lipinski definition) is 4. The van der Waals surface area contributed by atoms with Crippen LogP contribution in [0.3, 0.4) is 0 Å². The zero-order chi connectivity index (χ0) is 22.5. The van der Waals surface area contributed by atoms with Gasteiger partial charge < -0.3 is 14.2 Å². The summed E-state index contributed by atoms with van der Waals surface area (Å²) in [6.45, 7) is 4.37. The average molecular weight is 453 g/mol. The molecule has 1 heterocycles. The maximum absolute atomic E-state index is 13.3. The van der Waals surface area contributed by atoms with E-state index in [0.717, 1.165) is 87.6 Å². The summed E-state index contributed by atoms with van der Waals surface area (Å²) in [4.78, 5) is 13.3. The van der Waals surface area contributed by atoms with Crippen molar-refractivity contribution in [3.05, 3.63) is 29.8 Å². The molecule has 0 N–H and O–H groups in total. The molecular formula is C29H40O4. The Morgan fingerprint density at radius 2 is 1.85 bits per heavy atom. The normalized spacial score (nSPS) is 39.2. The molecule has 4 unspecified atom stereocenters. The Balaban J connectivity index is 1.14. The Morgan fingerprint density at radius 1 is 1.00 bits per heavy atom. The molecule has 1 aromatic carbocycles. The van der Waals surface area contributed by atoms with Gasteiger partial charge in [-0.2, -0.15) is 0 Å². The smallest absolute Gasteiger partial charge is 0.168 e. The number of ether oxygens (including phenoxy) is 3. The van der Waals surface area contributed by atoms with Crippen LogP contribution >= 0.6 is 0 Å². The third kappa shape index (κ3) is 3.76. The lowest BCUT2D eigenvalue weighted by atomic mass is 9.49. The van der Waals surface area contributed by atoms with Gasteiger partial charge in [0, 0.05) is 24.7 Å². The van der Waals surface area contributed by atoms with Crippen molar-refractivity contribution >= 4 is 5.78 Å². The van der Waals surface area contributed by atoms with Crippen LogP contribution in [0.1, 0.15) is 76.7 Å². The summed E-state index contributed by atoms with van der Waals surface area (Å²) in [7, 11) is 0. The number of carbonyl (C=O) groups is 1. The van der Waals surface area contributed by atoms with Crippen molar-refractivity contribution in [2.75, 3.05) is 19.8 Å². The molecule has 0 amide bonds. The molecule has 1 saturated heterocycles. The van der Waals surface area contributed by atoms with E-state index in [2.05, 4.69) is 31.2 Å². The first-order valence-corrected chi connectivity index (χ1v) is 13.7. The fourth-order valence-corrected chi connectivity index (χ4v) is 8.83. The highest BCUT2D eigenvalue weighted by molar-refractivity contribution is 5.87. The van der Waals surface area contributed by atoms with E-state index in [0.29, 0.717) is 18.3 Å². The second-order valence-corrected chi connectivity index (χ2v) is 11.5. The molecule has 4 aliphatic carbocycles. The lowest BCUT2D eigenvalue weighted by Crippen LogP contribution is -2.52. The molecule has 33 heavy (non-hydrogen) atoms. The quantitative estimate of drug-likeness (QED) is 0.553. The third-order valence-electron chi connectivity index (χ3n) is 10.3. The maximum Gasteiger partial charge on any atom is 0.168 e. The van der Waals surface area contributed by atoms with Crippen molar-refractivity contribution in [2.24, 2.45) is 35.0 Å². The highest BCUT2D eigenvalue weighted by Gasteiger charge is 2.60. The second-order valence-electron chi connectivity index (χ2n) is 11.5. The molecule has 1 aromatic rings. The number of benzene rings is 1. The average Bonchev–Trinajstić information content (AvgIpc) is 3.43. The van der Waals surface area contributed by atoms with Crippen LogP contribution in [0.5, 0.6) is 5.75 Å². The highest BCUT2D eigenvalue weighted by Crippen LogP contribution is 2.63. The fourth-order valence-electron chi connectivity index (χ4n) is 8.83. The van der Waals surface area contributed by atoms with Gasteiger partial charge in [-0.05, 0) is 98.7 Å². The van der Waals surface area contributed by atoms with Crippen LogP contribution in [0.2, 0.25) is 0 Å². The Hall–Kier alpha value is -1.39.